The van der Waals surface area contributed by atoms with E-state index in [4.69, 9.17) is 0 Å². The summed E-state index contributed by atoms with van der Waals surface area (Å²) >= 11 is 0. The fourth-order valence-corrected chi connectivity index (χ4v) is 5.27. The van der Waals surface area contributed by atoms with E-state index in [0.717, 1.165) is 25.7 Å². The van der Waals surface area contributed by atoms with Gasteiger partial charge >= 0.3 is 0 Å². The van der Waals surface area contributed by atoms with E-state index < -0.39 is 5.60 Å². The van der Waals surface area contributed by atoms with Crippen molar-refractivity contribution in [2.45, 2.75) is 65.9 Å². The summed E-state index contributed by atoms with van der Waals surface area (Å²) in [5.41, 5.74) is 0.450. The SMILES string of the molecule is CC(C)C1=CC(=O)[C@@]2(C)CC[C@H](C)[C@@]3(C=C[C@](C)(O)CC3)[C@@H]12. The third-order valence-corrected chi connectivity index (χ3v) is 6.87. The summed E-state index contributed by atoms with van der Waals surface area (Å²) in [5, 5.41) is 10.3. The van der Waals surface area contributed by atoms with Gasteiger partial charge in [0.15, 0.2) is 5.78 Å². The van der Waals surface area contributed by atoms with Gasteiger partial charge in [-0.25, -0.2) is 0 Å². The maximum absolute atomic E-state index is 12.8. The molecule has 2 nitrogen and oxygen atoms in total. The van der Waals surface area contributed by atoms with Crippen LogP contribution in [0.5, 0.6) is 0 Å². The van der Waals surface area contributed by atoms with E-state index in [2.05, 4.69) is 33.8 Å². The quantitative estimate of drug-likeness (QED) is 0.734. The van der Waals surface area contributed by atoms with E-state index in [9.17, 15) is 9.90 Å². The van der Waals surface area contributed by atoms with Gasteiger partial charge in [0, 0.05) is 11.3 Å². The van der Waals surface area contributed by atoms with Crippen LogP contribution in [0.2, 0.25) is 0 Å². The molecule has 1 saturated carbocycles. The van der Waals surface area contributed by atoms with Crippen molar-refractivity contribution in [1.29, 1.82) is 0 Å². The molecule has 0 bridgehead atoms. The number of ketones is 1. The van der Waals surface area contributed by atoms with Crippen LogP contribution in [0.25, 0.3) is 0 Å². The van der Waals surface area contributed by atoms with Gasteiger partial charge in [-0.2, -0.15) is 0 Å². The molecule has 5 atom stereocenters. The molecule has 0 heterocycles. The van der Waals surface area contributed by atoms with E-state index in [0.29, 0.717) is 23.5 Å². The van der Waals surface area contributed by atoms with Gasteiger partial charge < -0.3 is 5.11 Å². The van der Waals surface area contributed by atoms with Gasteiger partial charge in [-0.05, 0) is 55.9 Å². The standard InChI is InChI=1S/C20H30O2/c1-13(2)15-12-16(21)19(5)7-6-14(3)20(17(15)19)10-8-18(4,22)9-11-20/h8,10,12-14,17,22H,6-7,9,11H2,1-5H3/t14-,17-,18-,19+,20-/m0/s1. The zero-order valence-electron chi connectivity index (χ0n) is 14.6. The minimum Gasteiger partial charge on any atom is -0.386 e. The third-order valence-electron chi connectivity index (χ3n) is 6.87. The van der Waals surface area contributed by atoms with Crippen molar-refractivity contribution < 1.29 is 9.90 Å². The van der Waals surface area contributed by atoms with Gasteiger partial charge in [-0.1, -0.05) is 45.4 Å². The Labute approximate surface area is 134 Å². The molecule has 0 amide bonds. The summed E-state index contributed by atoms with van der Waals surface area (Å²) in [4.78, 5) is 12.8. The van der Waals surface area contributed by atoms with Crippen molar-refractivity contribution in [3.8, 4) is 0 Å². The molecule has 3 rings (SSSR count). The number of carbonyl (C=O) groups is 1. The van der Waals surface area contributed by atoms with Crippen molar-refractivity contribution in [2.75, 3.05) is 0 Å². The van der Waals surface area contributed by atoms with Crippen LogP contribution >= 0.6 is 0 Å². The number of fused-ring (bicyclic) bond motifs is 2. The fourth-order valence-electron chi connectivity index (χ4n) is 5.27. The molecule has 22 heavy (non-hydrogen) atoms. The minimum atomic E-state index is -0.691. The van der Waals surface area contributed by atoms with Gasteiger partial charge in [-0.15, -0.1) is 0 Å². The van der Waals surface area contributed by atoms with E-state index in [1.807, 2.05) is 19.1 Å². The van der Waals surface area contributed by atoms with E-state index in [-0.39, 0.29) is 10.8 Å². The lowest BCUT2D eigenvalue weighted by Crippen LogP contribution is -2.52. The zero-order chi connectivity index (χ0) is 16.3. The zero-order valence-corrected chi connectivity index (χ0v) is 14.6. The van der Waals surface area contributed by atoms with Gasteiger partial charge in [0.05, 0.1) is 5.60 Å². The van der Waals surface area contributed by atoms with Crippen LogP contribution in [0, 0.1) is 28.6 Å². The van der Waals surface area contributed by atoms with Crippen molar-refractivity contribution in [3.05, 3.63) is 23.8 Å². The Balaban J connectivity index is 2.12. The lowest BCUT2D eigenvalue weighted by atomic mass is 9.47. The smallest absolute Gasteiger partial charge is 0.162 e. The van der Waals surface area contributed by atoms with Crippen molar-refractivity contribution in [1.82, 2.24) is 0 Å². The number of carbonyl (C=O) groups excluding carboxylic acids is 1. The van der Waals surface area contributed by atoms with Gasteiger partial charge in [-0.3, -0.25) is 4.79 Å². The Morgan fingerprint density at radius 1 is 1.18 bits per heavy atom. The molecular formula is C20H30O2. The predicted octanol–water partition coefficient (Wildman–Crippen LogP) is 4.29. The highest BCUT2D eigenvalue weighted by molar-refractivity contribution is 5.99. The Bertz CT molecular complexity index is 554. The Morgan fingerprint density at radius 3 is 2.41 bits per heavy atom. The molecule has 0 aromatic carbocycles. The Kier molecular flexibility index (Phi) is 3.49. The maximum Gasteiger partial charge on any atom is 0.162 e. The van der Waals surface area contributed by atoms with Crippen LogP contribution in [0.15, 0.2) is 23.8 Å². The van der Waals surface area contributed by atoms with Crippen LogP contribution in [0.3, 0.4) is 0 Å². The lowest BCUT2D eigenvalue weighted by Gasteiger charge is -2.56. The molecular weight excluding hydrogens is 272 g/mol. The maximum atomic E-state index is 12.8. The summed E-state index contributed by atoms with van der Waals surface area (Å²) in [6.07, 6.45) is 10.1. The first-order valence-corrected chi connectivity index (χ1v) is 8.81. The number of aliphatic hydroxyl groups is 1. The monoisotopic (exact) mass is 302 g/mol. The van der Waals surface area contributed by atoms with Crippen molar-refractivity contribution >= 4 is 5.78 Å². The summed E-state index contributed by atoms with van der Waals surface area (Å²) < 4.78 is 0. The second-order valence-electron chi connectivity index (χ2n) is 8.76. The Morgan fingerprint density at radius 2 is 1.86 bits per heavy atom. The third kappa shape index (κ3) is 2.06. The topological polar surface area (TPSA) is 37.3 Å². The van der Waals surface area contributed by atoms with E-state index >= 15 is 0 Å². The first-order valence-electron chi connectivity index (χ1n) is 8.81. The van der Waals surface area contributed by atoms with Crippen LogP contribution in [-0.4, -0.2) is 16.5 Å². The van der Waals surface area contributed by atoms with Gasteiger partial charge in [0.2, 0.25) is 0 Å². The van der Waals surface area contributed by atoms with Crippen molar-refractivity contribution in [3.63, 3.8) is 0 Å². The number of rotatable bonds is 1. The number of hydrogen-bond donors (Lipinski definition) is 1. The molecule has 0 radical (unpaired) electrons. The summed E-state index contributed by atoms with van der Waals surface area (Å²) in [7, 11) is 0. The molecule has 3 aliphatic carbocycles. The molecule has 0 unspecified atom stereocenters. The van der Waals surface area contributed by atoms with Crippen LogP contribution in [-0.2, 0) is 4.79 Å². The summed E-state index contributed by atoms with van der Waals surface area (Å²) in [5.74, 6) is 1.61. The largest absolute Gasteiger partial charge is 0.386 e. The average molecular weight is 302 g/mol. The van der Waals surface area contributed by atoms with Crippen LogP contribution in [0.1, 0.15) is 60.3 Å². The molecule has 3 aliphatic rings. The number of allylic oxidation sites excluding steroid dienone is 3. The molecule has 1 fully saturated rings. The normalized spacial score (nSPS) is 48.0. The highest BCUT2D eigenvalue weighted by Crippen LogP contribution is 2.64. The molecule has 2 heteroatoms. The summed E-state index contributed by atoms with van der Waals surface area (Å²) in [6, 6.07) is 0. The molecule has 0 saturated heterocycles. The first kappa shape index (κ1) is 16.0. The second-order valence-corrected chi connectivity index (χ2v) is 8.76. The molecule has 1 spiro atoms. The molecule has 0 aromatic rings. The molecule has 122 valence electrons. The second kappa shape index (κ2) is 4.80. The van der Waals surface area contributed by atoms with Gasteiger partial charge in [0.25, 0.3) is 0 Å². The summed E-state index contributed by atoms with van der Waals surface area (Å²) in [6.45, 7) is 10.8. The highest BCUT2D eigenvalue weighted by atomic mass is 16.3. The fraction of sp³-hybridized carbons (Fsp3) is 0.750. The first-order chi connectivity index (χ1) is 10.1. The molecule has 0 aromatic heterocycles. The van der Waals surface area contributed by atoms with E-state index in [1.54, 1.807) is 0 Å². The highest BCUT2D eigenvalue weighted by Gasteiger charge is 2.60. The lowest BCUT2D eigenvalue weighted by molar-refractivity contribution is -0.131. The van der Waals surface area contributed by atoms with Crippen LogP contribution in [0.4, 0.5) is 0 Å². The molecule has 1 N–H and O–H groups in total. The van der Waals surface area contributed by atoms with Gasteiger partial charge in [0.1, 0.15) is 0 Å². The van der Waals surface area contributed by atoms with Crippen molar-refractivity contribution in [2.24, 2.45) is 28.6 Å². The Hall–Kier alpha value is -0.890. The predicted molar refractivity (Wildman–Crippen MR) is 89.4 cm³/mol. The molecule has 0 aliphatic heterocycles. The number of hydrogen-bond acceptors (Lipinski definition) is 2. The average Bonchev–Trinajstić information content (AvgIpc) is 2.71. The minimum absolute atomic E-state index is 0.0392. The van der Waals surface area contributed by atoms with E-state index in [1.165, 1.54) is 5.57 Å². The van der Waals surface area contributed by atoms with Crippen LogP contribution < -0.4 is 0 Å².